The summed E-state index contributed by atoms with van der Waals surface area (Å²) in [5.41, 5.74) is 2.13. The van der Waals surface area contributed by atoms with E-state index in [-0.39, 0.29) is 11.5 Å². The second-order valence-corrected chi connectivity index (χ2v) is 4.91. The molecule has 0 fully saturated rings. The maximum atomic E-state index is 9.57. The Kier molecular flexibility index (Phi) is 3.44. The van der Waals surface area contributed by atoms with Crippen molar-refractivity contribution in [3.8, 4) is 17.2 Å². The van der Waals surface area contributed by atoms with Crippen molar-refractivity contribution in [3.63, 3.8) is 0 Å². The Hall–Kier alpha value is -2.62. The lowest BCUT2D eigenvalue weighted by molar-refractivity contribution is 0.295. The number of nitrogens with zero attached hydrogens (tertiary/aromatic N) is 1. The van der Waals surface area contributed by atoms with Crippen LogP contribution >= 0.6 is 0 Å². The third-order valence-corrected chi connectivity index (χ3v) is 3.51. The van der Waals surface area contributed by atoms with Gasteiger partial charge < -0.3 is 19.5 Å². The van der Waals surface area contributed by atoms with Crippen LogP contribution in [0.4, 0.5) is 0 Å². The molecule has 0 radical (unpaired) electrons. The molecule has 0 unspecified atom stereocenters. The van der Waals surface area contributed by atoms with Gasteiger partial charge in [0.1, 0.15) is 23.9 Å². The van der Waals surface area contributed by atoms with Crippen molar-refractivity contribution in [2.75, 3.05) is 0 Å². The number of aryl methyl sites for hydroxylation is 1. The molecule has 2 N–H and O–H groups in total. The first kappa shape index (κ1) is 13.4. The van der Waals surface area contributed by atoms with Crippen LogP contribution in [0.3, 0.4) is 0 Å². The molecule has 1 aromatic heterocycles. The molecule has 0 aliphatic rings. The van der Waals surface area contributed by atoms with Gasteiger partial charge in [-0.2, -0.15) is 0 Å². The van der Waals surface area contributed by atoms with E-state index >= 15 is 0 Å². The van der Waals surface area contributed by atoms with E-state index < -0.39 is 0 Å². The SMILES string of the molecule is CCn1c(COc2ccc(O)cc2)cc2cc(O)ccc21. The second kappa shape index (κ2) is 5.40. The Balaban J connectivity index is 1.87. The van der Waals surface area contributed by atoms with E-state index in [2.05, 4.69) is 11.5 Å². The monoisotopic (exact) mass is 283 g/mol. The summed E-state index contributed by atoms with van der Waals surface area (Å²) in [6.07, 6.45) is 0. The van der Waals surface area contributed by atoms with Crippen molar-refractivity contribution in [2.24, 2.45) is 0 Å². The number of hydrogen-bond acceptors (Lipinski definition) is 3. The zero-order valence-corrected chi connectivity index (χ0v) is 11.8. The molecule has 3 aromatic rings. The van der Waals surface area contributed by atoms with Crippen LogP contribution in [0.2, 0.25) is 0 Å². The van der Waals surface area contributed by atoms with Gasteiger partial charge in [0.2, 0.25) is 0 Å². The molecule has 0 bridgehead atoms. The number of fused-ring (bicyclic) bond motifs is 1. The molecule has 108 valence electrons. The predicted molar refractivity (Wildman–Crippen MR) is 81.7 cm³/mol. The van der Waals surface area contributed by atoms with E-state index in [4.69, 9.17) is 4.74 Å². The maximum Gasteiger partial charge on any atom is 0.128 e. The minimum absolute atomic E-state index is 0.223. The largest absolute Gasteiger partial charge is 0.508 e. The topological polar surface area (TPSA) is 54.6 Å². The van der Waals surface area contributed by atoms with Gasteiger partial charge >= 0.3 is 0 Å². The molecule has 21 heavy (non-hydrogen) atoms. The normalized spacial score (nSPS) is 10.9. The van der Waals surface area contributed by atoms with Crippen LogP contribution in [0.15, 0.2) is 48.5 Å². The Bertz CT molecular complexity index is 760. The van der Waals surface area contributed by atoms with Crippen LogP contribution in [0.25, 0.3) is 10.9 Å². The first-order chi connectivity index (χ1) is 10.2. The molecule has 0 aliphatic carbocycles. The van der Waals surface area contributed by atoms with Gasteiger partial charge in [-0.15, -0.1) is 0 Å². The smallest absolute Gasteiger partial charge is 0.128 e. The Morgan fingerprint density at radius 3 is 2.38 bits per heavy atom. The van der Waals surface area contributed by atoms with Crippen LogP contribution in [-0.2, 0) is 13.2 Å². The Morgan fingerprint density at radius 2 is 1.67 bits per heavy atom. The maximum absolute atomic E-state index is 9.57. The Morgan fingerprint density at radius 1 is 0.952 bits per heavy atom. The number of aromatic nitrogens is 1. The fourth-order valence-electron chi connectivity index (χ4n) is 2.51. The summed E-state index contributed by atoms with van der Waals surface area (Å²) in [5, 5.41) is 19.8. The first-order valence-corrected chi connectivity index (χ1v) is 6.90. The Labute approximate surface area is 122 Å². The van der Waals surface area contributed by atoms with Gasteiger partial charge in [-0.05, 0) is 55.5 Å². The number of hydrogen-bond donors (Lipinski definition) is 2. The average Bonchev–Trinajstić information content (AvgIpc) is 2.83. The van der Waals surface area contributed by atoms with Gasteiger partial charge in [-0.1, -0.05) is 0 Å². The number of phenols is 2. The van der Waals surface area contributed by atoms with Crippen LogP contribution in [0, 0.1) is 0 Å². The zero-order valence-electron chi connectivity index (χ0n) is 11.8. The minimum atomic E-state index is 0.223. The summed E-state index contributed by atoms with van der Waals surface area (Å²) in [5.74, 6) is 1.20. The van der Waals surface area contributed by atoms with Crippen LogP contribution in [0.1, 0.15) is 12.6 Å². The molecular formula is C17H17NO3. The standard InChI is InChI=1S/C17H17NO3/c1-2-18-13(9-12-10-15(20)5-8-17(12)18)11-21-16-6-3-14(19)4-7-16/h3-10,19-20H,2,11H2,1H3. The summed E-state index contributed by atoms with van der Waals surface area (Å²) in [7, 11) is 0. The predicted octanol–water partition coefficient (Wildman–Crippen LogP) is 3.65. The molecule has 4 nitrogen and oxygen atoms in total. The van der Waals surface area contributed by atoms with Crippen molar-refractivity contribution in [1.29, 1.82) is 0 Å². The summed E-state index contributed by atoms with van der Waals surface area (Å²) in [4.78, 5) is 0. The summed E-state index contributed by atoms with van der Waals surface area (Å²) < 4.78 is 7.92. The lowest BCUT2D eigenvalue weighted by Crippen LogP contribution is -2.04. The molecule has 1 heterocycles. The van der Waals surface area contributed by atoms with Crippen molar-refractivity contribution < 1.29 is 14.9 Å². The number of benzene rings is 2. The van der Waals surface area contributed by atoms with Gasteiger partial charge in [-0.3, -0.25) is 0 Å². The van der Waals surface area contributed by atoms with E-state index in [9.17, 15) is 10.2 Å². The highest BCUT2D eigenvalue weighted by Gasteiger charge is 2.09. The number of aromatic hydroxyl groups is 2. The molecule has 0 atom stereocenters. The van der Waals surface area contributed by atoms with Gasteiger partial charge in [0.15, 0.2) is 0 Å². The number of rotatable bonds is 4. The van der Waals surface area contributed by atoms with E-state index in [1.807, 2.05) is 12.1 Å². The van der Waals surface area contributed by atoms with Crippen molar-refractivity contribution in [3.05, 3.63) is 54.2 Å². The highest BCUT2D eigenvalue weighted by Crippen LogP contribution is 2.25. The molecule has 4 heteroatoms. The quantitative estimate of drug-likeness (QED) is 0.768. The number of phenolic OH excluding ortho intramolecular Hbond substituents is 2. The second-order valence-electron chi connectivity index (χ2n) is 4.91. The molecule has 0 aliphatic heterocycles. The third-order valence-electron chi connectivity index (χ3n) is 3.51. The summed E-state index contributed by atoms with van der Waals surface area (Å²) >= 11 is 0. The molecule has 2 aromatic carbocycles. The van der Waals surface area contributed by atoms with E-state index in [1.54, 1.807) is 36.4 Å². The lowest BCUT2D eigenvalue weighted by atomic mass is 10.2. The van der Waals surface area contributed by atoms with Crippen LogP contribution in [0.5, 0.6) is 17.2 Å². The molecule has 0 amide bonds. The lowest BCUT2D eigenvalue weighted by Gasteiger charge is -2.10. The molecule has 3 rings (SSSR count). The van der Waals surface area contributed by atoms with E-state index in [0.29, 0.717) is 12.4 Å². The minimum Gasteiger partial charge on any atom is -0.508 e. The van der Waals surface area contributed by atoms with Crippen molar-refractivity contribution in [1.82, 2.24) is 4.57 Å². The fraction of sp³-hybridized carbons (Fsp3) is 0.176. The van der Waals surface area contributed by atoms with Gasteiger partial charge in [0.05, 0.1) is 5.69 Å². The summed E-state index contributed by atoms with van der Waals surface area (Å²) in [6.45, 7) is 3.35. The van der Waals surface area contributed by atoms with Crippen LogP contribution < -0.4 is 4.74 Å². The van der Waals surface area contributed by atoms with Crippen molar-refractivity contribution in [2.45, 2.75) is 20.1 Å². The van der Waals surface area contributed by atoms with E-state index in [0.717, 1.165) is 23.1 Å². The zero-order chi connectivity index (χ0) is 14.8. The highest BCUT2D eigenvalue weighted by molar-refractivity contribution is 5.82. The average molecular weight is 283 g/mol. The molecule has 0 spiro atoms. The van der Waals surface area contributed by atoms with Gasteiger partial charge in [0, 0.05) is 17.4 Å². The van der Waals surface area contributed by atoms with Gasteiger partial charge in [0.25, 0.3) is 0 Å². The van der Waals surface area contributed by atoms with E-state index in [1.165, 1.54) is 0 Å². The fourth-order valence-corrected chi connectivity index (χ4v) is 2.51. The summed E-state index contributed by atoms with van der Waals surface area (Å²) in [6, 6.07) is 14.1. The van der Waals surface area contributed by atoms with Crippen LogP contribution in [-0.4, -0.2) is 14.8 Å². The molecule has 0 saturated heterocycles. The van der Waals surface area contributed by atoms with Crippen molar-refractivity contribution >= 4 is 10.9 Å². The first-order valence-electron chi connectivity index (χ1n) is 6.90. The third kappa shape index (κ3) is 2.65. The highest BCUT2D eigenvalue weighted by atomic mass is 16.5. The molecule has 0 saturated carbocycles. The number of ether oxygens (including phenoxy) is 1. The molecular weight excluding hydrogens is 266 g/mol. The van der Waals surface area contributed by atoms with Gasteiger partial charge in [-0.25, -0.2) is 0 Å².